The molecule has 1 aromatic heterocycles. The lowest BCUT2D eigenvalue weighted by molar-refractivity contribution is 0.0956. The second-order valence-corrected chi connectivity index (χ2v) is 5.12. The standard InChI is InChI=1S/C11H18N4O3S/c12-9-8(10(17)13-2-1-5-16)19-11(14-9)15-3-6-18-7-4-15/h16H,1-7,12H2,(H,13,17). The van der Waals surface area contributed by atoms with Gasteiger partial charge in [0.1, 0.15) is 10.7 Å². The van der Waals surface area contributed by atoms with E-state index in [1.807, 2.05) is 0 Å². The maximum absolute atomic E-state index is 11.9. The van der Waals surface area contributed by atoms with Crippen LogP contribution in [0.2, 0.25) is 0 Å². The molecule has 0 bridgehead atoms. The molecule has 4 N–H and O–H groups in total. The third-order valence-electron chi connectivity index (χ3n) is 2.75. The summed E-state index contributed by atoms with van der Waals surface area (Å²) in [5, 5.41) is 12.1. The highest BCUT2D eigenvalue weighted by molar-refractivity contribution is 7.18. The average Bonchev–Trinajstić information content (AvgIpc) is 2.82. The lowest BCUT2D eigenvalue weighted by Gasteiger charge is -2.25. The van der Waals surface area contributed by atoms with Crippen molar-refractivity contribution < 1.29 is 14.6 Å². The zero-order chi connectivity index (χ0) is 13.7. The van der Waals surface area contributed by atoms with Crippen LogP contribution in [0.4, 0.5) is 10.9 Å². The van der Waals surface area contributed by atoms with Gasteiger partial charge in [-0.25, -0.2) is 4.98 Å². The van der Waals surface area contributed by atoms with E-state index in [-0.39, 0.29) is 18.3 Å². The molecule has 19 heavy (non-hydrogen) atoms. The Balaban J connectivity index is 2.01. The smallest absolute Gasteiger partial charge is 0.265 e. The number of nitrogens with zero attached hydrogens (tertiary/aromatic N) is 2. The number of ether oxygens (including phenoxy) is 1. The molecular weight excluding hydrogens is 268 g/mol. The second-order valence-electron chi connectivity index (χ2n) is 4.14. The van der Waals surface area contributed by atoms with Crippen LogP contribution < -0.4 is 16.0 Å². The van der Waals surface area contributed by atoms with E-state index >= 15 is 0 Å². The Morgan fingerprint density at radius 2 is 2.26 bits per heavy atom. The molecule has 1 amide bonds. The zero-order valence-electron chi connectivity index (χ0n) is 10.6. The van der Waals surface area contributed by atoms with Crippen LogP contribution in [0.15, 0.2) is 0 Å². The highest BCUT2D eigenvalue weighted by atomic mass is 32.1. The SMILES string of the molecule is Nc1nc(N2CCOCC2)sc1C(=O)NCCCO. The topological polar surface area (TPSA) is 101 Å². The maximum atomic E-state index is 11.9. The van der Waals surface area contributed by atoms with Crippen LogP contribution in [0.25, 0.3) is 0 Å². The van der Waals surface area contributed by atoms with E-state index in [0.717, 1.165) is 18.2 Å². The van der Waals surface area contributed by atoms with E-state index in [9.17, 15) is 4.79 Å². The van der Waals surface area contributed by atoms with Crippen molar-refractivity contribution in [3.8, 4) is 0 Å². The van der Waals surface area contributed by atoms with E-state index in [1.54, 1.807) is 0 Å². The molecule has 106 valence electrons. The number of nitrogens with two attached hydrogens (primary N) is 1. The number of aliphatic hydroxyl groups excluding tert-OH is 1. The third-order valence-corrected chi connectivity index (χ3v) is 3.88. The number of rotatable bonds is 5. The van der Waals surface area contributed by atoms with E-state index in [4.69, 9.17) is 15.6 Å². The van der Waals surface area contributed by atoms with Gasteiger partial charge >= 0.3 is 0 Å². The molecule has 0 unspecified atom stereocenters. The monoisotopic (exact) mass is 286 g/mol. The number of nitrogens with one attached hydrogen (secondary N) is 1. The molecule has 2 heterocycles. The molecule has 0 spiro atoms. The molecule has 1 aromatic rings. The summed E-state index contributed by atoms with van der Waals surface area (Å²) in [5.41, 5.74) is 5.78. The number of hydrogen-bond acceptors (Lipinski definition) is 7. The highest BCUT2D eigenvalue weighted by Crippen LogP contribution is 2.28. The third kappa shape index (κ3) is 3.55. The van der Waals surface area contributed by atoms with Gasteiger partial charge in [-0.3, -0.25) is 4.79 Å². The largest absolute Gasteiger partial charge is 0.396 e. The van der Waals surface area contributed by atoms with Crippen molar-refractivity contribution in [3.05, 3.63) is 4.88 Å². The van der Waals surface area contributed by atoms with Gasteiger partial charge in [0.25, 0.3) is 5.91 Å². The molecule has 7 nitrogen and oxygen atoms in total. The number of nitrogen functional groups attached to an aromatic ring is 1. The summed E-state index contributed by atoms with van der Waals surface area (Å²) >= 11 is 1.29. The molecule has 0 atom stereocenters. The predicted molar refractivity (Wildman–Crippen MR) is 73.6 cm³/mol. The Morgan fingerprint density at radius 1 is 1.53 bits per heavy atom. The molecule has 1 aliphatic heterocycles. The Hall–Kier alpha value is -1.38. The van der Waals surface area contributed by atoms with Crippen LogP contribution >= 0.6 is 11.3 Å². The average molecular weight is 286 g/mol. The lowest BCUT2D eigenvalue weighted by atomic mass is 10.4. The Morgan fingerprint density at radius 3 is 2.95 bits per heavy atom. The molecule has 0 aliphatic carbocycles. The minimum absolute atomic E-state index is 0.0531. The number of anilines is 2. The predicted octanol–water partition coefficient (Wildman–Crippen LogP) is -0.326. The summed E-state index contributed by atoms with van der Waals surface area (Å²) in [6.45, 7) is 3.34. The van der Waals surface area contributed by atoms with Gasteiger partial charge in [-0.15, -0.1) is 0 Å². The van der Waals surface area contributed by atoms with Crippen LogP contribution in [-0.4, -0.2) is 55.5 Å². The Kier molecular flexibility index (Phi) is 4.94. The second kappa shape index (κ2) is 6.69. The van der Waals surface area contributed by atoms with Crippen LogP contribution in [-0.2, 0) is 4.74 Å². The summed E-state index contributed by atoms with van der Waals surface area (Å²) in [6.07, 6.45) is 0.529. The summed E-state index contributed by atoms with van der Waals surface area (Å²) in [5.74, 6) is 0.0240. The van der Waals surface area contributed by atoms with Gasteiger partial charge in [-0.1, -0.05) is 11.3 Å². The van der Waals surface area contributed by atoms with E-state index < -0.39 is 0 Å². The molecule has 8 heteroatoms. The number of carbonyl (C=O) groups excluding carboxylic acids is 1. The van der Waals surface area contributed by atoms with Gasteiger partial charge < -0.3 is 25.8 Å². The van der Waals surface area contributed by atoms with Crippen molar-refractivity contribution in [1.29, 1.82) is 0 Å². The van der Waals surface area contributed by atoms with Crippen molar-refractivity contribution in [2.45, 2.75) is 6.42 Å². The van der Waals surface area contributed by atoms with E-state index in [2.05, 4.69) is 15.2 Å². The fraction of sp³-hybridized carbons (Fsp3) is 0.636. The first-order valence-corrected chi connectivity index (χ1v) is 7.02. The Bertz CT molecular complexity index is 432. The van der Waals surface area contributed by atoms with Crippen molar-refractivity contribution in [2.75, 3.05) is 50.1 Å². The molecular formula is C11H18N4O3S. The van der Waals surface area contributed by atoms with Crippen LogP contribution in [0, 0.1) is 0 Å². The van der Waals surface area contributed by atoms with E-state index in [0.29, 0.717) is 31.1 Å². The minimum Gasteiger partial charge on any atom is -0.396 e. The number of aliphatic hydroxyl groups is 1. The van der Waals surface area contributed by atoms with Gasteiger partial charge in [-0.05, 0) is 6.42 Å². The first-order valence-electron chi connectivity index (χ1n) is 6.20. The number of thiazole rings is 1. The summed E-state index contributed by atoms with van der Waals surface area (Å²) in [7, 11) is 0. The molecule has 1 fully saturated rings. The maximum Gasteiger partial charge on any atom is 0.265 e. The summed E-state index contributed by atoms with van der Waals surface area (Å²) in [6, 6.07) is 0. The molecule has 2 rings (SSSR count). The number of amides is 1. The van der Waals surface area contributed by atoms with Gasteiger partial charge in [-0.2, -0.15) is 0 Å². The summed E-state index contributed by atoms with van der Waals surface area (Å²) < 4.78 is 5.27. The van der Waals surface area contributed by atoms with Gasteiger partial charge in [0, 0.05) is 26.2 Å². The number of hydrogen-bond donors (Lipinski definition) is 3. The minimum atomic E-state index is -0.233. The first kappa shape index (κ1) is 14.0. The van der Waals surface area contributed by atoms with E-state index in [1.165, 1.54) is 11.3 Å². The molecule has 0 aromatic carbocycles. The van der Waals surface area contributed by atoms with Gasteiger partial charge in [0.2, 0.25) is 0 Å². The zero-order valence-corrected chi connectivity index (χ0v) is 11.4. The quantitative estimate of drug-likeness (QED) is 0.641. The molecule has 0 radical (unpaired) electrons. The van der Waals surface area contributed by atoms with Crippen molar-refractivity contribution in [2.24, 2.45) is 0 Å². The number of aromatic nitrogens is 1. The van der Waals surface area contributed by atoms with Crippen LogP contribution in [0.3, 0.4) is 0 Å². The van der Waals surface area contributed by atoms with Crippen molar-refractivity contribution in [1.82, 2.24) is 10.3 Å². The van der Waals surface area contributed by atoms with Gasteiger partial charge in [0.05, 0.1) is 13.2 Å². The highest BCUT2D eigenvalue weighted by Gasteiger charge is 2.20. The molecule has 1 aliphatic rings. The van der Waals surface area contributed by atoms with Crippen molar-refractivity contribution >= 4 is 28.2 Å². The molecule has 1 saturated heterocycles. The van der Waals surface area contributed by atoms with Crippen LogP contribution in [0.1, 0.15) is 16.1 Å². The van der Waals surface area contributed by atoms with Crippen molar-refractivity contribution in [3.63, 3.8) is 0 Å². The number of morpholine rings is 1. The Labute approximate surface area is 115 Å². The fourth-order valence-corrected chi connectivity index (χ4v) is 2.69. The summed E-state index contributed by atoms with van der Waals surface area (Å²) in [4.78, 5) is 18.6. The van der Waals surface area contributed by atoms with Gasteiger partial charge in [0.15, 0.2) is 5.13 Å². The number of carbonyl (C=O) groups is 1. The lowest BCUT2D eigenvalue weighted by Crippen LogP contribution is -2.36. The fourth-order valence-electron chi connectivity index (χ4n) is 1.73. The van der Waals surface area contributed by atoms with Crippen LogP contribution in [0.5, 0.6) is 0 Å². The molecule has 0 saturated carbocycles. The first-order chi connectivity index (χ1) is 9.22. The normalized spacial score (nSPS) is 15.5.